The molecule has 8 nitrogen and oxygen atoms in total. The van der Waals surface area contributed by atoms with Crippen LogP contribution in [0.5, 0.6) is 0 Å². The third kappa shape index (κ3) is 4.62. The van der Waals surface area contributed by atoms with E-state index < -0.39 is 11.6 Å². The largest absolute Gasteiger partial charge is 0.382 e. The maximum absolute atomic E-state index is 14.8. The SMILES string of the molecule is C[C@@H](Nc1c(Cl)cnc2ccc(-c3cnc(C(C)(C)O)nc3)cc12)c1cc(-c2cn[nH]n2)ccc1F. The molecular formula is C26H23ClFN7O. The number of hydrogen-bond acceptors (Lipinski definition) is 7. The van der Waals surface area contributed by atoms with Gasteiger partial charge in [0.15, 0.2) is 5.82 Å². The number of anilines is 1. The summed E-state index contributed by atoms with van der Waals surface area (Å²) in [4.78, 5) is 13.0. The fourth-order valence-electron chi connectivity index (χ4n) is 3.96. The number of pyridine rings is 1. The summed E-state index contributed by atoms with van der Waals surface area (Å²) in [6, 6.07) is 10.1. The molecule has 0 saturated heterocycles. The highest BCUT2D eigenvalue weighted by Gasteiger charge is 2.20. The number of aliphatic hydroxyl groups is 1. The quantitative estimate of drug-likeness (QED) is 0.273. The fourth-order valence-corrected chi connectivity index (χ4v) is 4.16. The number of aromatic nitrogens is 6. The van der Waals surface area contributed by atoms with E-state index in [4.69, 9.17) is 11.6 Å². The summed E-state index contributed by atoms with van der Waals surface area (Å²) in [6.07, 6.45) is 6.49. The maximum atomic E-state index is 14.8. The zero-order chi connectivity index (χ0) is 25.4. The van der Waals surface area contributed by atoms with E-state index in [1.165, 1.54) is 6.07 Å². The zero-order valence-corrected chi connectivity index (χ0v) is 20.5. The van der Waals surface area contributed by atoms with Crippen LogP contribution >= 0.6 is 11.6 Å². The van der Waals surface area contributed by atoms with Gasteiger partial charge in [0.1, 0.15) is 17.1 Å². The van der Waals surface area contributed by atoms with Gasteiger partial charge in [-0.3, -0.25) is 4.98 Å². The van der Waals surface area contributed by atoms with Gasteiger partial charge in [-0.1, -0.05) is 17.7 Å². The van der Waals surface area contributed by atoms with Crippen LogP contribution in [-0.4, -0.2) is 35.5 Å². The highest BCUT2D eigenvalue weighted by Crippen LogP contribution is 2.36. The first-order valence-electron chi connectivity index (χ1n) is 11.3. The van der Waals surface area contributed by atoms with Crippen LogP contribution < -0.4 is 5.32 Å². The number of fused-ring (bicyclic) bond motifs is 1. The molecule has 0 aliphatic heterocycles. The second kappa shape index (κ2) is 9.25. The topological polar surface area (TPSA) is 113 Å². The monoisotopic (exact) mass is 503 g/mol. The fraction of sp³-hybridized carbons (Fsp3) is 0.192. The van der Waals surface area contributed by atoms with Crippen LogP contribution in [0.25, 0.3) is 33.3 Å². The molecule has 0 radical (unpaired) electrons. The predicted molar refractivity (Wildman–Crippen MR) is 137 cm³/mol. The third-order valence-corrected chi connectivity index (χ3v) is 6.17. The summed E-state index contributed by atoms with van der Waals surface area (Å²) < 4.78 is 14.8. The van der Waals surface area contributed by atoms with Crippen LogP contribution in [0, 0.1) is 5.82 Å². The highest BCUT2D eigenvalue weighted by molar-refractivity contribution is 6.34. The van der Waals surface area contributed by atoms with Gasteiger partial charge in [0.25, 0.3) is 0 Å². The average Bonchev–Trinajstić information content (AvgIpc) is 3.40. The molecule has 3 N–H and O–H groups in total. The molecule has 3 heterocycles. The zero-order valence-electron chi connectivity index (χ0n) is 19.8. The lowest BCUT2D eigenvalue weighted by Crippen LogP contribution is -2.19. The van der Waals surface area contributed by atoms with Gasteiger partial charge in [-0.25, -0.2) is 14.4 Å². The van der Waals surface area contributed by atoms with Gasteiger partial charge >= 0.3 is 0 Å². The van der Waals surface area contributed by atoms with Gasteiger partial charge in [-0.2, -0.15) is 15.4 Å². The van der Waals surface area contributed by atoms with Gasteiger partial charge in [0.2, 0.25) is 0 Å². The number of hydrogen-bond donors (Lipinski definition) is 3. The van der Waals surface area contributed by atoms with Crippen molar-refractivity contribution in [3.63, 3.8) is 0 Å². The number of nitrogens with one attached hydrogen (secondary N) is 2. The molecule has 0 fully saturated rings. The van der Waals surface area contributed by atoms with E-state index in [9.17, 15) is 9.50 Å². The first-order chi connectivity index (χ1) is 17.2. The van der Waals surface area contributed by atoms with Crippen molar-refractivity contribution in [3.05, 3.63) is 83.4 Å². The molecule has 0 aliphatic carbocycles. The van der Waals surface area contributed by atoms with Crippen molar-refractivity contribution in [1.29, 1.82) is 0 Å². The van der Waals surface area contributed by atoms with Crippen molar-refractivity contribution in [3.8, 4) is 22.4 Å². The van der Waals surface area contributed by atoms with Gasteiger partial charge in [-0.05, 0) is 56.7 Å². The Balaban J connectivity index is 1.52. The Morgan fingerprint density at radius 1 is 0.972 bits per heavy atom. The Bertz CT molecular complexity index is 1530. The third-order valence-electron chi connectivity index (χ3n) is 5.89. The smallest absolute Gasteiger partial charge is 0.159 e. The molecule has 182 valence electrons. The van der Waals surface area contributed by atoms with Crippen LogP contribution in [0.15, 0.2) is 61.2 Å². The van der Waals surface area contributed by atoms with E-state index in [0.717, 1.165) is 27.6 Å². The maximum Gasteiger partial charge on any atom is 0.159 e. The first-order valence-corrected chi connectivity index (χ1v) is 11.6. The minimum absolute atomic E-state index is 0.336. The van der Waals surface area contributed by atoms with Gasteiger partial charge in [0, 0.05) is 40.7 Å². The van der Waals surface area contributed by atoms with E-state index in [-0.39, 0.29) is 5.82 Å². The lowest BCUT2D eigenvalue weighted by Gasteiger charge is -2.20. The highest BCUT2D eigenvalue weighted by atomic mass is 35.5. The Morgan fingerprint density at radius 3 is 2.42 bits per heavy atom. The van der Waals surface area contributed by atoms with Crippen molar-refractivity contribution in [1.82, 2.24) is 30.4 Å². The number of halogens is 2. The Kier molecular flexibility index (Phi) is 6.11. The van der Waals surface area contributed by atoms with E-state index >= 15 is 0 Å². The second-order valence-electron chi connectivity index (χ2n) is 9.02. The van der Waals surface area contributed by atoms with Crippen molar-refractivity contribution >= 4 is 28.2 Å². The molecule has 1 atom stereocenters. The lowest BCUT2D eigenvalue weighted by atomic mass is 10.0. The molecule has 0 bridgehead atoms. The molecule has 36 heavy (non-hydrogen) atoms. The molecule has 0 spiro atoms. The van der Waals surface area contributed by atoms with Crippen LogP contribution in [0.3, 0.4) is 0 Å². The summed E-state index contributed by atoms with van der Waals surface area (Å²) in [5, 5.41) is 25.2. The minimum Gasteiger partial charge on any atom is -0.382 e. The number of benzene rings is 2. The molecular weight excluding hydrogens is 481 g/mol. The first kappa shape index (κ1) is 23.8. The molecule has 10 heteroatoms. The predicted octanol–water partition coefficient (Wildman–Crippen LogP) is 5.67. The van der Waals surface area contributed by atoms with Crippen LogP contribution in [0.4, 0.5) is 10.1 Å². The van der Waals surface area contributed by atoms with E-state index in [2.05, 4.69) is 35.7 Å². The molecule has 0 unspecified atom stereocenters. The molecule has 0 saturated carbocycles. The Labute approximate surface area is 211 Å². The number of rotatable bonds is 6. The lowest BCUT2D eigenvalue weighted by molar-refractivity contribution is 0.0687. The van der Waals surface area contributed by atoms with E-state index in [0.29, 0.717) is 27.8 Å². The number of H-pyrrole nitrogens is 1. The van der Waals surface area contributed by atoms with Gasteiger partial charge in [-0.15, -0.1) is 0 Å². The van der Waals surface area contributed by atoms with Crippen molar-refractivity contribution < 1.29 is 9.50 Å². The van der Waals surface area contributed by atoms with Crippen molar-refractivity contribution in [2.24, 2.45) is 0 Å². The van der Waals surface area contributed by atoms with Crippen molar-refractivity contribution in [2.75, 3.05) is 5.32 Å². The van der Waals surface area contributed by atoms with Crippen molar-refractivity contribution in [2.45, 2.75) is 32.4 Å². The molecule has 2 aromatic carbocycles. The molecule has 5 rings (SSSR count). The van der Waals surface area contributed by atoms with Gasteiger partial charge in [0.05, 0.1) is 28.5 Å². The normalized spacial score (nSPS) is 12.6. The van der Waals surface area contributed by atoms with Crippen LogP contribution in [0.2, 0.25) is 5.02 Å². The van der Waals surface area contributed by atoms with Gasteiger partial charge < -0.3 is 10.4 Å². The van der Waals surface area contributed by atoms with E-state index in [1.54, 1.807) is 50.8 Å². The molecule has 0 aliphatic rings. The summed E-state index contributed by atoms with van der Waals surface area (Å²) in [7, 11) is 0. The summed E-state index contributed by atoms with van der Waals surface area (Å²) in [5.74, 6) is -0.00993. The Hall–Kier alpha value is -3.95. The second-order valence-corrected chi connectivity index (χ2v) is 9.43. The van der Waals surface area contributed by atoms with Crippen LogP contribution in [-0.2, 0) is 5.60 Å². The number of nitrogens with zero attached hydrogens (tertiary/aromatic N) is 5. The Morgan fingerprint density at radius 2 is 1.72 bits per heavy atom. The summed E-state index contributed by atoms with van der Waals surface area (Å²) >= 11 is 6.56. The molecule has 3 aromatic heterocycles. The van der Waals surface area contributed by atoms with E-state index in [1.807, 2.05) is 25.1 Å². The minimum atomic E-state index is -1.13. The molecule has 5 aromatic rings. The standard InChI is InChI=1S/C26H23ClFN7O/c1-14(18-9-16(4-6-21(18)28)23-13-32-35-34-23)33-24-19-8-15(5-7-22(19)29-12-20(24)27)17-10-30-25(31-11-17)26(2,3)36/h4-14,36H,1-3H3,(H,29,33)(H,32,34,35)/t14-/m1/s1. The molecule has 0 amide bonds. The average molecular weight is 504 g/mol. The summed E-state index contributed by atoms with van der Waals surface area (Å²) in [6.45, 7) is 5.13. The number of aromatic amines is 1. The van der Waals surface area contributed by atoms with Crippen LogP contribution in [0.1, 0.15) is 38.2 Å². The summed E-state index contributed by atoms with van der Waals surface area (Å²) in [5.41, 5.74) is 3.68.